The van der Waals surface area contributed by atoms with Crippen molar-refractivity contribution >= 4 is 17.5 Å². The second-order valence-electron chi connectivity index (χ2n) is 11.1. The van der Waals surface area contributed by atoms with E-state index in [1.165, 1.54) is 14.2 Å². The Labute approximate surface area is 233 Å². The Morgan fingerprint density at radius 1 is 1.23 bits per heavy atom. The van der Waals surface area contributed by atoms with Gasteiger partial charge in [-0.25, -0.2) is 0 Å². The van der Waals surface area contributed by atoms with Crippen molar-refractivity contribution in [3.63, 3.8) is 0 Å². The number of allylic oxidation sites excluding steroid dienone is 2. The highest BCUT2D eigenvalue weighted by Gasteiger charge is 2.57. The van der Waals surface area contributed by atoms with Crippen LogP contribution in [0.2, 0.25) is 0 Å². The van der Waals surface area contributed by atoms with Gasteiger partial charge in [0.2, 0.25) is 11.7 Å². The van der Waals surface area contributed by atoms with Crippen LogP contribution in [0.5, 0.6) is 11.5 Å². The summed E-state index contributed by atoms with van der Waals surface area (Å²) < 4.78 is 10.9. The second kappa shape index (κ2) is 10.0. The molecule has 2 bridgehead atoms. The molecule has 1 aromatic rings. The molecule has 11 heteroatoms. The van der Waals surface area contributed by atoms with Crippen LogP contribution in [0.3, 0.4) is 0 Å². The minimum atomic E-state index is -0.787. The SMILES string of the molecule is COC1=C(C)C(=O)C2=C(C1=O)C(CNC(=O)C(C)N)N1C(C2)[C@H]2c3c(cc(C)c(OC)c3O)C[C@H]([C@@H]1C#N)N2C. The molecule has 40 heavy (non-hydrogen) atoms. The van der Waals surface area contributed by atoms with Crippen LogP contribution in [-0.4, -0.2) is 90.4 Å². The number of aryl methyl sites for hydroxylation is 1. The summed E-state index contributed by atoms with van der Waals surface area (Å²) in [5, 5.41) is 24.8. The van der Waals surface area contributed by atoms with Crippen molar-refractivity contribution < 1.29 is 29.0 Å². The molecule has 0 aromatic heterocycles. The smallest absolute Gasteiger partial charge is 0.236 e. The Morgan fingerprint density at radius 2 is 1.93 bits per heavy atom. The number of amides is 1. The highest BCUT2D eigenvalue weighted by atomic mass is 16.5. The highest BCUT2D eigenvalue weighted by molar-refractivity contribution is 6.25. The molecule has 4 N–H and O–H groups in total. The number of benzene rings is 1. The molecule has 3 unspecified atom stereocenters. The van der Waals surface area contributed by atoms with Gasteiger partial charge in [0.25, 0.3) is 0 Å². The van der Waals surface area contributed by atoms with Crippen LogP contribution in [0.1, 0.15) is 43.0 Å². The summed E-state index contributed by atoms with van der Waals surface area (Å²) >= 11 is 0. The summed E-state index contributed by atoms with van der Waals surface area (Å²) in [4.78, 5) is 44.1. The van der Waals surface area contributed by atoms with Crippen molar-refractivity contribution in [3.05, 3.63) is 45.2 Å². The van der Waals surface area contributed by atoms with E-state index < -0.39 is 41.9 Å². The number of ether oxygens (including phenoxy) is 2. The predicted molar refractivity (Wildman–Crippen MR) is 144 cm³/mol. The average Bonchev–Trinajstić information content (AvgIpc) is 2.91. The number of ketones is 2. The van der Waals surface area contributed by atoms with Gasteiger partial charge in [-0.3, -0.25) is 24.2 Å². The Hall–Kier alpha value is -3.72. The zero-order valence-corrected chi connectivity index (χ0v) is 23.6. The van der Waals surface area contributed by atoms with Crippen LogP contribution in [0.4, 0.5) is 0 Å². The molecule has 1 fully saturated rings. The highest BCUT2D eigenvalue weighted by Crippen LogP contribution is 2.53. The van der Waals surface area contributed by atoms with Crippen LogP contribution in [-0.2, 0) is 25.5 Å². The summed E-state index contributed by atoms with van der Waals surface area (Å²) in [6.07, 6.45) is 0.670. The Bertz CT molecular complexity index is 1420. The van der Waals surface area contributed by atoms with Gasteiger partial charge >= 0.3 is 0 Å². The normalized spacial score (nSPS) is 28.8. The van der Waals surface area contributed by atoms with Crippen LogP contribution in [0.15, 0.2) is 28.5 Å². The number of aromatic hydroxyl groups is 1. The minimum absolute atomic E-state index is 0.0256. The van der Waals surface area contributed by atoms with E-state index in [9.17, 15) is 24.8 Å². The number of carbonyl (C=O) groups excluding carboxylic acids is 3. The maximum atomic E-state index is 13.8. The number of phenols is 1. The van der Waals surface area contributed by atoms with Crippen molar-refractivity contribution in [1.29, 1.82) is 5.26 Å². The third kappa shape index (κ3) is 3.85. The number of nitrogens with one attached hydrogen (secondary N) is 1. The zero-order chi connectivity index (χ0) is 29.2. The van der Waals surface area contributed by atoms with Gasteiger partial charge in [-0.2, -0.15) is 5.26 Å². The van der Waals surface area contributed by atoms with Gasteiger partial charge in [0.1, 0.15) is 6.04 Å². The number of hydrogen-bond acceptors (Lipinski definition) is 10. The number of nitrogens with two attached hydrogens (primary N) is 1. The lowest BCUT2D eigenvalue weighted by atomic mass is 9.69. The van der Waals surface area contributed by atoms with Crippen molar-refractivity contribution in [1.82, 2.24) is 15.1 Å². The van der Waals surface area contributed by atoms with E-state index in [1.54, 1.807) is 13.8 Å². The number of piperazine rings is 1. The van der Waals surface area contributed by atoms with E-state index in [0.29, 0.717) is 23.3 Å². The lowest BCUT2D eigenvalue weighted by molar-refractivity contribution is -0.125. The number of nitriles is 1. The number of rotatable bonds is 5. The van der Waals surface area contributed by atoms with Crippen LogP contribution in [0.25, 0.3) is 0 Å². The molecular weight excluding hydrogens is 514 g/mol. The van der Waals surface area contributed by atoms with Crippen molar-refractivity contribution in [2.75, 3.05) is 27.8 Å². The summed E-state index contributed by atoms with van der Waals surface area (Å²) in [5.41, 5.74) is 9.01. The molecule has 11 nitrogen and oxygen atoms in total. The van der Waals surface area contributed by atoms with Crippen LogP contribution < -0.4 is 15.8 Å². The number of fused-ring (bicyclic) bond motifs is 6. The molecule has 0 saturated carbocycles. The Morgan fingerprint density at radius 3 is 2.52 bits per heavy atom. The molecular formula is C29H35N5O6. The Balaban J connectivity index is 1.72. The number of Topliss-reactive ketones (excluding diaryl/α,β-unsaturated/α-hetero) is 2. The maximum absolute atomic E-state index is 13.8. The molecule has 0 spiro atoms. The topological polar surface area (TPSA) is 158 Å². The van der Waals surface area contributed by atoms with E-state index in [1.807, 2.05) is 24.9 Å². The summed E-state index contributed by atoms with van der Waals surface area (Å²) in [6.45, 7) is 4.97. The van der Waals surface area contributed by atoms with Crippen LogP contribution in [0, 0.1) is 18.3 Å². The van der Waals surface area contributed by atoms with Crippen LogP contribution >= 0.6 is 0 Å². The zero-order valence-electron chi connectivity index (χ0n) is 23.6. The van der Waals surface area contributed by atoms with E-state index in [0.717, 1.165) is 11.1 Å². The van der Waals surface area contributed by atoms with Crippen molar-refractivity contribution in [3.8, 4) is 17.6 Å². The van der Waals surface area contributed by atoms with E-state index in [-0.39, 0.29) is 47.4 Å². The molecule has 1 amide bonds. The molecule has 1 aromatic carbocycles. The van der Waals surface area contributed by atoms with Gasteiger partial charge in [0.15, 0.2) is 23.0 Å². The second-order valence-corrected chi connectivity index (χ2v) is 11.1. The van der Waals surface area contributed by atoms with E-state index in [2.05, 4.69) is 16.3 Å². The first-order valence-corrected chi connectivity index (χ1v) is 13.4. The average molecular weight is 550 g/mol. The summed E-state index contributed by atoms with van der Waals surface area (Å²) in [5.74, 6) is -0.749. The van der Waals surface area contributed by atoms with Gasteiger partial charge in [0.05, 0.1) is 38.4 Å². The first-order valence-electron chi connectivity index (χ1n) is 13.4. The Kier molecular flexibility index (Phi) is 6.98. The number of hydrogen-bond donors (Lipinski definition) is 3. The van der Waals surface area contributed by atoms with E-state index >= 15 is 0 Å². The number of carbonyl (C=O) groups is 3. The summed E-state index contributed by atoms with van der Waals surface area (Å²) in [7, 11) is 4.78. The number of likely N-dealkylation sites (N-methyl/N-ethyl adjacent to an activating group) is 1. The molecule has 4 aliphatic rings. The largest absolute Gasteiger partial charge is 0.504 e. The fourth-order valence-electron chi connectivity index (χ4n) is 7.17. The van der Waals surface area contributed by atoms with Gasteiger partial charge < -0.3 is 25.6 Å². The van der Waals surface area contributed by atoms with Gasteiger partial charge in [-0.05, 0) is 51.8 Å². The molecule has 5 rings (SSSR count). The molecule has 1 saturated heterocycles. The first kappa shape index (κ1) is 27.8. The molecule has 3 aliphatic heterocycles. The first-order chi connectivity index (χ1) is 19.0. The maximum Gasteiger partial charge on any atom is 0.236 e. The lowest BCUT2D eigenvalue weighted by Crippen LogP contribution is -2.71. The fourth-order valence-corrected chi connectivity index (χ4v) is 7.17. The number of methoxy groups -OCH3 is 2. The van der Waals surface area contributed by atoms with Gasteiger partial charge in [-0.15, -0.1) is 0 Å². The predicted octanol–water partition coefficient (Wildman–Crippen LogP) is 0.788. The van der Waals surface area contributed by atoms with Crippen molar-refractivity contribution in [2.24, 2.45) is 5.73 Å². The standard InChI is InChI=1S/C29H35N5O6/c1-12-7-15-8-17-19(10-30)34-18(23(33(17)4)21(15)25(36)27(12)39-5)9-16-22(20(34)11-32-29(38)14(3)31)26(37)28(40-6)13(2)24(16)35/h7,14,17-20,23,36H,8-9,11,31H2,1-6H3,(H,32,38)/t14?,17-,18?,19+,20?,23+/m1/s1. The molecule has 1 aliphatic carbocycles. The fraction of sp³-hybridized carbons (Fsp3) is 0.517. The lowest BCUT2D eigenvalue weighted by Gasteiger charge is -2.60. The molecule has 6 atom stereocenters. The molecule has 0 radical (unpaired) electrons. The number of nitrogens with zero attached hydrogens (tertiary/aromatic N) is 3. The summed E-state index contributed by atoms with van der Waals surface area (Å²) in [6, 6.07) is 1.07. The monoisotopic (exact) mass is 549 g/mol. The van der Waals surface area contributed by atoms with Gasteiger partial charge in [-0.1, -0.05) is 6.07 Å². The number of phenolic OH excluding ortho intramolecular Hbond substituents is 1. The van der Waals surface area contributed by atoms with Crippen molar-refractivity contribution in [2.45, 2.75) is 69.9 Å². The molecule has 212 valence electrons. The van der Waals surface area contributed by atoms with E-state index in [4.69, 9.17) is 15.2 Å². The van der Waals surface area contributed by atoms with Gasteiger partial charge in [0, 0.05) is 40.9 Å². The third-order valence-electron chi connectivity index (χ3n) is 8.95. The minimum Gasteiger partial charge on any atom is -0.504 e. The third-order valence-corrected chi connectivity index (χ3v) is 8.95. The quantitative estimate of drug-likeness (QED) is 0.448. The molecule has 3 heterocycles.